The predicted octanol–water partition coefficient (Wildman–Crippen LogP) is 2.73. The summed E-state index contributed by atoms with van der Waals surface area (Å²) in [7, 11) is 0. The van der Waals surface area contributed by atoms with E-state index in [2.05, 4.69) is 20.8 Å². The number of pyridine rings is 1. The van der Waals surface area contributed by atoms with Gasteiger partial charge in [0.1, 0.15) is 0 Å². The Balaban J connectivity index is 3.36. The zero-order chi connectivity index (χ0) is 10.9. The quantitative estimate of drug-likeness (QED) is 0.672. The van der Waals surface area contributed by atoms with Gasteiger partial charge in [0, 0.05) is 17.8 Å². The summed E-state index contributed by atoms with van der Waals surface area (Å²) < 4.78 is 1.78. The molecule has 0 amide bonds. The third-order valence-electron chi connectivity index (χ3n) is 2.34. The van der Waals surface area contributed by atoms with Crippen LogP contribution in [-0.4, -0.2) is 4.57 Å². The average molecular weight is 193 g/mol. The fourth-order valence-corrected chi connectivity index (χ4v) is 1.49. The van der Waals surface area contributed by atoms with Gasteiger partial charge in [-0.2, -0.15) is 0 Å². The number of rotatable bonds is 1. The molecule has 0 bridgehead atoms. The first kappa shape index (κ1) is 11.0. The minimum absolute atomic E-state index is 0.0744. The Morgan fingerprint density at radius 2 is 1.86 bits per heavy atom. The molecule has 0 fully saturated rings. The fourth-order valence-electron chi connectivity index (χ4n) is 1.49. The van der Waals surface area contributed by atoms with Crippen LogP contribution in [0.2, 0.25) is 0 Å². The normalized spacial score (nSPS) is 12.1. The minimum atomic E-state index is -0.0744. The molecular weight excluding hydrogens is 174 g/mol. The Labute approximate surface area is 85.6 Å². The van der Waals surface area contributed by atoms with Crippen molar-refractivity contribution < 1.29 is 0 Å². The lowest BCUT2D eigenvalue weighted by atomic mass is 9.88. The van der Waals surface area contributed by atoms with E-state index < -0.39 is 0 Å². The summed E-state index contributed by atoms with van der Waals surface area (Å²) in [5.74, 6) is 0. The molecule has 0 aliphatic carbocycles. The topological polar surface area (TPSA) is 22.0 Å². The Kier molecular flexibility index (Phi) is 2.84. The molecule has 0 atom stereocenters. The second-order valence-electron chi connectivity index (χ2n) is 4.98. The molecule has 2 nitrogen and oxygen atoms in total. The van der Waals surface area contributed by atoms with Crippen molar-refractivity contribution >= 4 is 0 Å². The summed E-state index contributed by atoms with van der Waals surface area (Å²) in [6, 6.07) is 4.09. The highest BCUT2D eigenvalue weighted by molar-refractivity contribution is 5.19. The van der Waals surface area contributed by atoms with Gasteiger partial charge in [0.25, 0.3) is 5.56 Å². The highest BCUT2D eigenvalue weighted by Crippen LogP contribution is 2.18. The van der Waals surface area contributed by atoms with Crippen LogP contribution in [0.5, 0.6) is 0 Å². The van der Waals surface area contributed by atoms with Crippen LogP contribution in [-0.2, 0) is 5.41 Å². The Morgan fingerprint density at radius 3 is 2.29 bits per heavy atom. The molecule has 0 radical (unpaired) electrons. The van der Waals surface area contributed by atoms with Gasteiger partial charge in [0.05, 0.1) is 0 Å². The maximum atomic E-state index is 12.0. The van der Waals surface area contributed by atoms with Crippen molar-refractivity contribution in [3.05, 3.63) is 34.2 Å². The highest BCUT2D eigenvalue weighted by Gasteiger charge is 2.18. The molecule has 1 rings (SSSR count). The van der Waals surface area contributed by atoms with E-state index in [0.717, 1.165) is 5.56 Å². The van der Waals surface area contributed by atoms with Gasteiger partial charge in [-0.25, -0.2) is 0 Å². The third kappa shape index (κ3) is 2.06. The van der Waals surface area contributed by atoms with Crippen LogP contribution in [0.1, 0.15) is 46.2 Å². The van der Waals surface area contributed by atoms with Crippen LogP contribution < -0.4 is 5.56 Å². The van der Waals surface area contributed by atoms with Gasteiger partial charge in [-0.3, -0.25) is 4.79 Å². The van der Waals surface area contributed by atoms with Gasteiger partial charge >= 0.3 is 0 Å². The van der Waals surface area contributed by atoms with E-state index in [0.29, 0.717) is 0 Å². The van der Waals surface area contributed by atoms with Crippen LogP contribution >= 0.6 is 0 Å². The Morgan fingerprint density at radius 1 is 1.29 bits per heavy atom. The average Bonchev–Trinajstić information content (AvgIpc) is 2.01. The van der Waals surface area contributed by atoms with Crippen LogP contribution in [0.3, 0.4) is 0 Å². The summed E-state index contributed by atoms with van der Waals surface area (Å²) in [4.78, 5) is 12.0. The van der Waals surface area contributed by atoms with Crippen molar-refractivity contribution in [1.82, 2.24) is 4.57 Å². The standard InChI is InChI=1S/C12H19NO/c1-9(2)13-8-6-7-10(11(13)14)12(3,4)5/h6-9H,1-5H3. The molecule has 0 unspecified atom stereocenters. The van der Waals surface area contributed by atoms with Gasteiger partial charge in [-0.15, -0.1) is 0 Å². The number of aromatic nitrogens is 1. The summed E-state index contributed by atoms with van der Waals surface area (Å²) in [6.45, 7) is 10.2. The molecule has 0 saturated carbocycles. The first-order chi connectivity index (χ1) is 6.34. The summed E-state index contributed by atoms with van der Waals surface area (Å²) in [5.41, 5.74) is 0.943. The lowest BCUT2D eigenvalue weighted by Crippen LogP contribution is -2.30. The fraction of sp³-hybridized carbons (Fsp3) is 0.583. The molecule has 0 saturated heterocycles. The van der Waals surface area contributed by atoms with Crippen LogP contribution in [0.15, 0.2) is 23.1 Å². The molecule has 1 aromatic rings. The van der Waals surface area contributed by atoms with Gasteiger partial charge in [-0.05, 0) is 25.3 Å². The lowest BCUT2D eigenvalue weighted by molar-refractivity contribution is 0.533. The second-order valence-corrected chi connectivity index (χ2v) is 4.98. The van der Waals surface area contributed by atoms with E-state index in [1.165, 1.54) is 0 Å². The first-order valence-electron chi connectivity index (χ1n) is 5.05. The molecule has 0 aromatic carbocycles. The van der Waals surface area contributed by atoms with E-state index in [-0.39, 0.29) is 17.0 Å². The third-order valence-corrected chi connectivity index (χ3v) is 2.34. The zero-order valence-electron chi connectivity index (χ0n) is 9.66. The molecular formula is C12H19NO. The molecule has 14 heavy (non-hydrogen) atoms. The SMILES string of the molecule is CC(C)n1cccc(C(C)(C)C)c1=O. The molecule has 0 N–H and O–H groups in total. The van der Waals surface area contributed by atoms with Crippen LogP contribution in [0, 0.1) is 0 Å². The summed E-state index contributed by atoms with van der Waals surface area (Å²) in [6.07, 6.45) is 1.85. The maximum Gasteiger partial charge on any atom is 0.254 e. The van der Waals surface area contributed by atoms with E-state index >= 15 is 0 Å². The predicted molar refractivity (Wildman–Crippen MR) is 59.8 cm³/mol. The first-order valence-corrected chi connectivity index (χ1v) is 5.05. The summed E-state index contributed by atoms with van der Waals surface area (Å²) in [5, 5.41) is 0. The van der Waals surface area contributed by atoms with E-state index in [1.807, 2.05) is 32.2 Å². The Bertz CT molecular complexity index is 369. The second kappa shape index (κ2) is 3.60. The van der Waals surface area contributed by atoms with Crippen LogP contribution in [0.4, 0.5) is 0 Å². The molecule has 1 heterocycles. The van der Waals surface area contributed by atoms with E-state index in [9.17, 15) is 4.79 Å². The number of hydrogen-bond acceptors (Lipinski definition) is 1. The lowest BCUT2D eigenvalue weighted by Gasteiger charge is -2.20. The highest BCUT2D eigenvalue weighted by atomic mass is 16.1. The van der Waals surface area contributed by atoms with E-state index in [1.54, 1.807) is 4.57 Å². The minimum Gasteiger partial charge on any atom is -0.313 e. The van der Waals surface area contributed by atoms with Gasteiger partial charge in [0.2, 0.25) is 0 Å². The van der Waals surface area contributed by atoms with Crippen molar-refractivity contribution in [2.24, 2.45) is 0 Å². The van der Waals surface area contributed by atoms with Crippen molar-refractivity contribution in [2.75, 3.05) is 0 Å². The molecule has 0 spiro atoms. The van der Waals surface area contributed by atoms with E-state index in [4.69, 9.17) is 0 Å². The molecule has 78 valence electrons. The van der Waals surface area contributed by atoms with Crippen molar-refractivity contribution in [1.29, 1.82) is 0 Å². The van der Waals surface area contributed by atoms with Crippen molar-refractivity contribution in [2.45, 2.75) is 46.1 Å². The number of nitrogens with zero attached hydrogens (tertiary/aromatic N) is 1. The molecule has 2 heteroatoms. The Hall–Kier alpha value is -1.05. The van der Waals surface area contributed by atoms with Crippen molar-refractivity contribution in [3.63, 3.8) is 0 Å². The largest absolute Gasteiger partial charge is 0.313 e. The molecule has 0 aliphatic rings. The van der Waals surface area contributed by atoms with Crippen molar-refractivity contribution in [3.8, 4) is 0 Å². The van der Waals surface area contributed by atoms with Crippen LogP contribution in [0.25, 0.3) is 0 Å². The van der Waals surface area contributed by atoms with Gasteiger partial charge < -0.3 is 4.57 Å². The zero-order valence-corrected chi connectivity index (χ0v) is 9.66. The smallest absolute Gasteiger partial charge is 0.254 e. The maximum absolute atomic E-state index is 12.0. The van der Waals surface area contributed by atoms with Gasteiger partial charge in [0.15, 0.2) is 0 Å². The molecule has 1 aromatic heterocycles. The monoisotopic (exact) mass is 193 g/mol. The van der Waals surface area contributed by atoms with Gasteiger partial charge in [-0.1, -0.05) is 26.8 Å². The summed E-state index contributed by atoms with van der Waals surface area (Å²) >= 11 is 0. The number of hydrogen-bond donors (Lipinski definition) is 0. The molecule has 0 aliphatic heterocycles.